The zero-order chi connectivity index (χ0) is 11.5. The van der Waals surface area contributed by atoms with Gasteiger partial charge in [0.25, 0.3) is 0 Å². The highest BCUT2D eigenvalue weighted by atomic mass is 16.4. The number of likely N-dealkylation sites (tertiary alicyclic amines) is 1. The lowest BCUT2D eigenvalue weighted by atomic mass is 9.99. The van der Waals surface area contributed by atoms with E-state index in [1.165, 1.54) is 0 Å². The van der Waals surface area contributed by atoms with Crippen LogP contribution >= 0.6 is 0 Å². The average molecular weight is 222 g/mol. The summed E-state index contributed by atoms with van der Waals surface area (Å²) < 4.78 is 0. The molecule has 4 heteroatoms. The van der Waals surface area contributed by atoms with Crippen LogP contribution in [0.2, 0.25) is 0 Å². The first-order valence-electron chi connectivity index (χ1n) is 5.82. The molecule has 0 bridgehead atoms. The lowest BCUT2D eigenvalue weighted by molar-refractivity contribution is -0.145. The van der Waals surface area contributed by atoms with E-state index < -0.39 is 5.97 Å². The molecule has 1 fully saturated rings. The number of aromatic amines is 1. The summed E-state index contributed by atoms with van der Waals surface area (Å²) >= 11 is 0. The monoisotopic (exact) mass is 222 g/mol. The molecular weight excluding hydrogens is 204 g/mol. The largest absolute Gasteiger partial charge is 0.480 e. The van der Waals surface area contributed by atoms with Crippen molar-refractivity contribution in [3.63, 3.8) is 0 Å². The Kier molecular flexibility index (Phi) is 3.29. The van der Waals surface area contributed by atoms with Crippen LogP contribution in [-0.4, -0.2) is 33.5 Å². The van der Waals surface area contributed by atoms with Crippen LogP contribution in [0.5, 0.6) is 0 Å². The Bertz CT molecular complexity index is 348. The van der Waals surface area contributed by atoms with Gasteiger partial charge in [-0.15, -0.1) is 0 Å². The Morgan fingerprint density at radius 1 is 1.62 bits per heavy atom. The summed E-state index contributed by atoms with van der Waals surface area (Å²) in [6, 6.07) is 3.78. The number of aromatic nitrogens is 1. The first-order chi connectivity index (χ1) is 7.70. The van der Waals surface area contributed by atoms with E-state index in [-0.39, 0.29) is 12.1 Å². The minimum atomic E-state index is -0.696. The Morgan fingerprint density at radius 3 is 3.06 bits per heavy atom. The normalized spacial score (nSPS) is 24.2. The second kappa shape index (κ2) is 4.70. The van der Waals surface area contributed by atoms with Gasteiger partial charge in [0.2, 0.25) is 0 Å². The number of H-pyrrole nitrogens is 1. The summed E-state index contributed by atoms with van der Waals surface area (Å²) in [5, 5.41) is 9.20. The first-order valence-corrected chi connectivity index (χ1v) is 5.82. The third-order valence-corrected chi connectivity index (χ3v) is 3.40. The smallest absolute Gasteiger partial charge is 0.320 e. The molecule has 0 unspecified atom stereocenters. The van der Waals surface area contributed by atoms with Crippen molar-refractivity contribution in [3.05, 3.63) is 24.0 Å². The molecule has 0 radical (unpaired) electrons. The van der Waals surface area contributed by atoms with Crippen molar-refractivity contribution >= 4 is 5.97 Å². The van der Waals surface area contributed by atoms with Crippen LogP contribution in [0.4, 0.5) is 0 Å². The van der Waals surface area contributed by atoms with E-state index in [1.54, 1.807) is 0 Å². The van der Waals surface area contributed by atoms with E-state index in [0.29, 0.717) is 0 Å². The molecule has 2 N–H and O–H groups in total. The summed E-state index contributed by atoms with van der Waals surface area (Å²) in [6.07, 6.45) is 4.76. The lowest BCUT2D eigenvalue weighted by Crippen LogP contribution is -2.45. The molecular formula is C12H18N2O2. The maximum atomic E-state index is 11.2. The average Bonchev–Trinajstić information content (AvgIpc) is 2.81. The third-order valence-electron chi connectivity index (χ3n) is 3.40. The molecule has 1 aromatic heterocycles. The molecule has 0 amide bonds. The van der Waals surface area contributed by atoms with E-state index >= 15 is 0 Å². The van der Waals surface area contributed by atoms with Crippen LogP contribution in [0.3, 0.4) is 0 Å². The van der Waals surface area contributed by atoms with Crippen LogP contribution in [0.15, 0.2) is 18.3 Å². The van der Waals surface area contributed by atoms with Crippen molar-refractivity contribution in [2.75, 3.05) is 6.54 Å². The maximum Gasteiger partial charge on any atom is 0.320 e. The first kappa shape index (κ1) is 11.2. The van der Waals surface area contributed by atoms with Crippen molar-refractivity contribution in [1.29, 1.82) is 0 Å². The van der Waals surface area contributed by atoms with Gasteiger partial charge in [-0.2, -0.15) is 0 Å². The highest BCUT2D eigenvalue weighted by molar-refractivity contribution is 5.73. The van der Waals surface area contributed by atoms with E-state index in [4.69, 9.17) is 0 Å². The molecule has 2 heterocycles. The van der Waals surface area contributed by atoms with Crippen molar-refractivity contribution in [2.24, 2.45) is 0 Å². The molecule has 16 heavy (non-hydrogen) atoms. The van der Waals surface area contributed by atoms with Gasteiger partial charge in [-0.1, -0.05) is 6.42 Å². The zero-order valence-corrected chi connectivity index (χ0v) is 9.52. The maximum absolute atomic E-state index is 11.2. The molecule has 0 aliphatic carbocycles. The van der Waals surface area contributed by atoms with Crippen molar-refractivity contribution in [2.45, 2.75) is 38.3 Å². The van der Waals surface area contributed by atoms with Crippen LogP contribution in [0.25, 0.3) is 0 Å². The number of piperidine rings is 1. The molecule has 2 rings (SSSR count). The fraction of sp³-hybridized carbons (Fsp3) is 0.583. The minimum Gasteiger partial charge on any atom is -0.480 e. The van der Waals surface area contributed by atoms with E-state index in [9.17, 15) is 9.90 Å². The molecule has 88 valence electrons. The number of carboxylic acids is 1. The molecule has 0 spiro atoms. The summed E-state index contributed by atoms with van der Waals surface area (Å²) in [5.41, 5.74) is 1.09. The summed E-state index contributed by atoms with van der Waals surface area (Å²) in [4.78, 5) is 16.4. The Hall–Kier alpha value is -1.29. The molecule has 1 aliphatic heterocycles. The molecule has 0 aromatic carbocycles. The van der Waals surface area contributed by atoms with Crippen molar-refractivity contribution in [3.8, 4) is 0 Å². The van der Waals surface area contributed by atoms with Gasteiger partial charge in [-0.3, -0.25) is 9.69 Å². The predicted molar refractivity (Wildman–Crippen MR) is 61.2 cm³/mol. The number of nitrogens with one attached hydrogen (secondary N) is 1. The molecule has 1 aliphatic rings. The van der Waals surface area contributed by atoms with E-state index in [0.717, 1.165) is 31.5 Å². The van der Waals surface area contributed by atoms with Crippen LogP contribution < -0.4 is 0 Å². The fourth-order valence-electron chi connectivity index (χ4n) is 2.47. The van der Waals surface area contributed by atoms with E-state index in [2.05, 4.69) is 16.8 Å². The minimum absolute atomic E-state index is 0.149. The number of hydrogen-bond donors (Lipinski definition) is 2. The molecule has 0 saturated carbocycles. The Labute approximate surface area is 95.3 Å². The second-order valence-corrected chi connectivity index (χ2v) is 4.39. The van der Waals surface area contributed by atoms with Gasteiger partial charge >= 0.3 is 5.97 Å². The second-order valence-electron chi connectivity index (χ2n) is 4.39. The summed E-state index contributed by atoms with van der Waals surface area (Å²) in [7, 11) is 0. The number of aliphatic carboxylic acids is 1. The Balaban J connectivity index is 2.14. The Morgan fingerprint density at radius 2 is 2.44 bits per heavy atom. The molecule has 1 aromatic rings. The summed E-state index contributed by atoms with van der Waals surface area (Å²) in [5.74, 6) is -0.696. The van der Waals surface area contributed by atoms with Gasteiger partial charge in [-0.05, 0) is 38.4 Å². The zero-order valence-electron chi connectivity index (χ0n) is 9.52. The van der Waals surface area contributed by atoms with Gasteiger partial charge in [0, 0.05) is 17.9 Å². The van der Waals surface area contributed by atoms with Gasteiger partial charge < -0.3 is 10.1 Å². The van der Waals surface area contributed by atoms with Gasteiger partial charge in [0.15, 0.2) is 0 Å². The van der Waals surface area contributed by atoms with Crippen LogP contribution in [0, 0.1) is 0 Å². The number of nitrogens with zero attached hydrogens (tertiary/aromatic N) is 1. The van der Waals surface area contributed by atoms with Crippen LogP contribution in [0.1, 0.15) is 37.9 Å². The molecule has 2 atom stereocenters. The number of carbonyl (C=O) groups is 1. The molecule has 4 nitrogen and oxygen atoms in total. The summed E-state index contributed by atoms with van der Waals surface area (Å²) in [6.45, 7) is 2.93. The van der Waals surface area contributed by atoms with Gasteiger partial charge in [0.05, 0.1) is 0 Å². The van der Waals surface area contributed by atoms with Crippen LogP contribution in [-0.2, 0) is 4.79 Å². The number of carboxylic acid groups (broad SMARTS) is 1. The predicted octanol–water partition coefficient (Wildman–Crippen LogP) is 2.01. The standard InChI is InChI=1S/C12H18N2O2/c1-9(10-5-4-7-13-10)14-8-3-2-6-11(14)12(15)16/h4-5,7,9,11,13H,2-3,6,8H2,1H3,(H,15,16)/t9-,11-/m1/s1. The van der Waals surface area contributed by atoms with Crippen molar-refractivity contribution in [1.82, 2.24) is 9.88 Å². The van der Waals surface area contributed by atoms with Gasteiger partial charge in [0.1, 0.15) is 6.04 Å². The highest BCUT2D eigenvalue weighted by Gasteiger charge is 2.32. The molecule has 1 saturated heterocycles. The fourth-order valence-corrected chi connectivity index (χ4v) is 2.47. The van der Waals surface area contributed by atoms with E-state index in [1.807, 2.05) is 18.3 Å². The SMILES string of the molecule is C[C@H](c1ccc[nH]1)N1CCCC[C@@H]1C(=O)O. The van der Waals surface area contributed by atoms with Gasteiger partial charge in [-0.25, -0.2) is 0 Å². The van der Waals surface area contributed by atoms with Crippen molar-refractivity contribution < 1.29 is 9.90 Å². The number of hydrogen-bond acceptors (Lipinski definition) is 2. The third kappa shape index (κ3) is 2.11. The highest BCUT2D eigenvalue weighted by Crippen LogP contribution is 2.27. The topological polar surface area (TPSA) is 56.3 Å². The number of rotatable bonds is 3. The quantitative estimate of drug-likeness (QED) is 0.822. The lowest BCUT2D eigenvalue weighted by Gasteiger charge is -2.37.